The largest absolute Gasteiger partial charge is 0.550 e. The molecule has 1 amide bonds. The minimum Gasteiger partial charge on any atom is -0.550 e. The van der Waals surface area contributed by atoms with Crippen molar-refractivity contribution >= 4 is 34.8 Å². The van der Waals surface area contributed by atoms with Gasteiger partial charge in [0, 0.05) is 17.4 Å². The van der Waals surface area contributed by atoms with Crippen LogP contribution in [0.25, 0.3) is 0 Å². The molecule has 104 valence electrons. The van der Waals surface area contributed by atoms with Crippen LogP contribution in [0.2, 0.25) is 5.02 Å². The molecule has 1 aromatic heterocycles. The summed E-state index contributed by atoms with van der Waals surface area (Å²) in [6, 6.07) is 9.46. The number of carboxylic acid groups (broad SMARTS) is 1. The molecule has 0 unspecified atom stereocenters. The lowest BCUT2D eigenvalue weighted by Crippen LogP contribution is -2.33. The van der Waals surface area contributed by atoms with E-state index in [2.05, 4.69) is 5.32 Å². The van der Waals surface area contributed by atoms with Crippen LogP contribution in [0, 0.1) is 0 Å². The van der Waals surface area contributed by atoms with Crippen LogP contribution in [-0.4, -0.2) is 11.9 Å². The van der Waals surface area contributed by atoms with Gasteiger partial charge in [-0.1, -0.05) is 29.8 Å². The summed E-state index contributed by atoms with van der Waals surface area (Å²) in [6.45, 7) is 0. The zero-order chi connectivity index (χ0) is 14.5. The summed E-state index contributed by atoms with van der Waals surface area (Å²) in [5.74, 6) is -1.53. The van der Waals surface area contributed by atoms with Crippen molar-refractivity contribution in [2.45, 2.75) is 12.5 Å². The highest BCUT2D eigenvalue weighted by Gasteiger charge is 2.16. The highest BCUT2D eigenvalue weighted by atomic mass is 35.5. The first-order valence-corrected chi connectivity index (χ1v) is 7.11. The van der Waals surface area contributed by atoms with Crippen molar-refractivity contribution in [1.29, 1.82) is 0 Å². The zero-order valence-corrected chi connectivity index (χ0v) is 11.9. The fourth-order valence-electron chi connectivity index (χ4n) is 1.75. The number of carbonyl (C=O) groups excluding carboxylic acids is 2. The molecule has 0 radical (unpaired) electrons. The first kappa shape index (κ1) is 14.6. The van der Waals surface area contributed by atoms with Crippen LogP contribution >= 0.6 is 22.9 Å². The molecule has 2 aromatic rings. The molecule has 2 rings (SSSR count). The fraction of sp³-hybridized carbons (Fsp3) is 0.143. The number of hydrogen-bond acceptors (Lipinski definition) is 4. The molecule has 0 fully saturated rings. The summed E-state index contributed by atoms with van der Waals surface area (Å²) in [7, 11) is 0. The average Bonchev–Trinajstić information content (AvgIpc) is 2.92. The predicted molar refractivity (Wildman–Crippen MR) is 75.6 cm³/mol. The first-order valence-electron chi connectivity index (χ1n) is 5.86. The number of aliphatic carboxylic acids is 1. The van der Waals surface area contributed by atoms with Crippen LogP contribution in [0.5, 0.6) is 0 Å². The number of amides is 1. The van der Waals surface area contributed by atoms with Gasteiger partial charge in [0.15, 0.2) is 0 Å². The normalized spacial score (nSPS) is 11.8. The van der Waals surface area contributed by atoms with Crippen molar-refractivity contribution < 1.29 is 14.7 Å². The number of hydrogen-bond donors (Lipinski definition) is 1. The van der Waals surface area contributed by atoms with E-state index in [1.54, 1.807) is 41.8 Å². The van der Waals surface area contributed by atoms with E-state index < -0.39 is 12.0 Å². The van der Waals surface area contributed by atoms with E-state index >= 15 is 0 Å². The molecule has 1 heterocycles. The Morgan fingerprint density at radius 3 is 2.50 bits per heavy atom. The number of carboxylic acids is 1. The number of thiophene rings is 1. The Morgan fingerprint density at radius 2 is 1.95 bits per heavy atom. The van der Waals surface area contributed by atoms with Crippen LogP contribution < -0.4 is 10.4 Å². The third-order valence-electron chi connectivity index (χ3n) is 2.69. The summed E-state index contributed by atoms with van der Waals surface area (Å²) in [5.41, 5.74) is 0.670. The van der Waals surface area contributed by atoms with Crippen molar-refractivity contribution in [3.8, 4) is 0 Å². The minimum absolute atomic E-state index is 0.293. The fourth-order valence-corrected chi connectivity index (χ4v) is 2.50. The van der Waals surface area contributed by atoms with E-state index in [1.165, 1.54) is 11.3 Å². The van der Waals surface area contributed by atoms with Gasteiger partial charge in [-0.05, 0) is 29.1 Å². The van der Waals surface area contributed by atoms with Crippen molar-refractivity contribution in [2.75, 3.05) is 0 Å². The van der Waals surface area contributed by atoms with Crippen LogP contribution in [0.3, 0.4) is 0 Å². The van der Waals surface area contributed by atoms with E-state index in [0.717, 1.165) is 0 Å². The lowest BCUT2D eigenvalue weighted by molar-refractivity contribution is -0.306. The average molecular weight is 309 g/mol. The number of rotatable bonds is 5. The maximum absolute atomic E-state index is 12.0. The Bertz CT molecular complexity index is 595. The summed E-state index contributed by atoms with van der Waals surface area (Å²) in [5, 5.41) is 15.9. The van der Waals surface area contributed by atoms with E-state index in [9.17, 15) is 14.7 Å². The molecule has 0 saturated heterocycles. The highest BCUT2D eigenvalue weighted by molar-refractivity contribution is 7.12. The standard InChI is InChI=1S/C14H12ClNO3S/c15-10-5-3-9(4-6-10)11(8-13(17)18)16-14(19)12-2-1-7-20-12/h1-7,11H,8H2,(H,16,19)(H,17,18)/p-1/t11-/m1/s1. The SMILES string of the molecule is O=C([O-])C[C@@H](NC(=O)c1cccs1)c1ccc(Cl)cc1. The van der Waals surface area contributed by atoms with Gasteiger partial charge in [0.05, 0.1) is 10.9 Å². The topological polar surface area (TPSA) is 69.2 Å². The molecule has 1 N–H and O–H groups in total. The van der Waals surface area contributed by atoms with Crippen LogP contribution in [0.1, 0.15) is 27.7 Å². The molecular weight excluding hydrogens is 298 g/mol. The van der Waals surface area contributed by atoms with E-state index in [0.29, 0.717) is 15.5 Å². The maximum atomic E-state index is 12.0. The summed E-state index contributed by atoms with van der Waals surface area (Å²) < 4.78 is 0. The van der Waals surface area contributed by atoms with Gasteiger partial charge < -0.3 is 15.2 Å². The van der Waals surface area contributed by atoms with Gasteiger partial charge in [-0.25, -0.2) is 0 Å². The molecule has 0 spiro atoms. The Labute approximate surface area is 125 Å². The highest BCUT2D eigenvalue weighted by Crippen LogP contribution is 2.20. The Morgan fingerprint density at radius 1 is 1.25 bits per heavy atom. The Balaban J connectivity index is 2.17. The smallest absolute Gasteiger partial charge is 0.261 e. The van der Waals surface area contributed by atoms with E-state index in [-0.39, 0.29) is 12.3 Å². The van der Waals surface area contributed by atoms with Gasteiger partial charge in [-0.2, -0.15) is 0 Å². The number of benzene rings is 1. The maximum Gasteiger partial charge on any atom is 0.261 e. The Kier molecular flexibility index (Phi) is 4.76. The number of nitrogens with one attached hydrogen (secondary N) is 1. The van der Waals surface area contributed by atoms with Crippen molar-refractivity contribution in [3.63, 3.8) is 0 Å². The molecule has 1 aromatic carbocycles. The molecule has 20 heavy (non-hydrogen) atoms. The Hall–Kier alpha value is -1.85. The molecule has 0 aliphatic heterocycles. The number of carbonyl (C=O) groups is 2. The third kappa shape index (κ3) is 3.82. The molecule has 0 bridgehead atoms. The van der Waals surface area contributed by atoms with Gasteiger partial charge in [0.25, 0.3) is 5.91 Å². The second-order valence-corrected chi connectivity index (χ2v) is 5.52. The lowest BCUT2D eigenvalue weighted by Gasteiger charge is -2.19. The summed E-state index contributed by atoms with van der Waals surface area (Å²) in [4.78, 5) is 23.4. The third-order valence-corrected chi connectivity index (χ3v) is 3.81. The zero-order valence-electron chi connectivity index (χ0n) is 10.3. The van der Waals surface area contributed by atoms with Gasteiger partial charge in [-0.3, -0.25) is 4.79 Å². The molecule has 1 atom stereocenters. The molecule has 4 nitrogen and oxygen atoms in total. The molecule has 0 saturated carbocycles. The van der Waals surface area contributed by atoms with Gasteiger partial charge in [0.1, 0.15) is 0 Å². The number of halogens is 1. The predicted octanol–water partition coefficient (Wildman–Crippen LogP) is 2.01. The second kappa shape index (κ2) is 6.54. The van der Waals surface area contributed by atoms with Crippen LogP contribution in [0.15, 0.2) is 41.8 Å². The van der Waals surface area contributed by atoms with Gasteiger partial charge in [0.2, 0.25) is 0 Å². The molecule has 0 aliphatic rings. The van der Waals surface area contributed by atoms with Crippen LogP contribution in [0.4, 0.5) is 0 Å². The monoisotopic (exact) mass is 308 g/mol. The van der Waals surface area contributed by atoms with Crippen molar-refractivity contribution in [3.05, 3.63) is 57.2 Å². The second-order valence-electron chi connectivity index (χ2n) is 4.13. The van der Waals surface area contributed by atoms with E-state index in [1.807, 2.05) is 0 Å². The molecule has 6 heteroatoms. The first-order chi connectivity index (χ1) is 9.56. The van der Waals surface area contributed by atoms with Crippen molar-refractivity contribution in [1.82, 2.24) is 5.32 Å². The molecular formula is C14H11ClNO3S-. The van der Waals surface area contributed by atoms with Crippen LogP contribution in [-0.2, 0) is 4.79 Å². The lowest BCUT2D eigenvalue weighted by atomic mass is 10.0. The van der Waals surface area contributed by atoms with Gasteiger partial charge >= 0.3 is 0 Å². The minimum atomic E-state index is -1.23. The van der Waals surface area contributed by atoms with Crippen molar-refractivity contribution in [2.24, 2.45) is 0 Å². The summed E-state index contributed by atoms with van der Waals surface area (Å²) >= 11 is 7.09. The summed E-state index contributed by atoms with van der Waals surface area (Å²) in [6.07, 6.45) is -0.293. The van der Waals surface area contributed by atoms with Gasteiger partial charge in [-0.15, -0.1) is 11.3 Å². The van der Waals surface area contributed by atoms with E-state index in [4.69, 9.17) is 11.6 Å². The quantitative estimate of drug-likeness (QED) is 0.918. The molecule has 0 aliphatic carbocycles.